The summed E-state index contributed by atoms with van der Waals surface area (Å²) in [6.07, 6.45) is 10.2. The smallest absolute Gasteiger partial charge is 0.0335 e. The zero-order valence-corrected chi connectivity index (χ0v) is 13.9. The first-order chi connectivity index (χ1) is 10.2. The molecule has 1 aliphatic rings. The molecule has 1 aromatic heterocycles. The van der Waals surface area contributed by atoms with Crippen molar-refractivity contribution in [2.45, 2.75) is 64.5 Å². The van der Waals surface area contributed by atoms with Crippen LogP contribution in [0.4, 0.5) is 0 Å². The molecule has 3 nitrogen and oxygen atoms in total. The zero-order valence-electron chi connectivity index (χ0n) is 13.9. The van der Waals surface area contributed by atoms with E-state index in [0.29, 0.717) is 6.04 Å². The summed E-state index contributed by atoms with van der Waals surface area (Å²) in [5.41, 5.74) is 1.56. The van der Waals surface area contributed by atoms with Gasteiger partial charge in [0.1, 0.15) is 0 Å². The van der Waals surface area contributed by atoms with E-state index in [1.807, 2.05) is 18.5 Å². The van der Waals surface area contributed by atoms with Crippen molar-refractivity contribution in [3.8, 4) is 0 Å². The lowest BCUT2D eigenvalue weighted by molar-refractivity contribution is 0.0434. The molecular weight excluding hydrogens is 258 g/mol. The van der Waals surface area contributed by atoms with Crippen LogP contribution in [0.1, 0.15) is 52.0 Å². The van der Waals surface area contributed by atoms with Gasteiger partial charge in [0.05, 0.1) is 0 Å². The van der Waals surface area contributed by atoms with E-state index in [2.05, 4.69) is 42.0 Å². The Morgan fingerprint density at radius 2 is 2.05 bits per heavy atom. The molecule has 118 valence electrons. The highest BCUT2D eigenvalue weighted by atomic mass is 15.2. The molecule has 2 unspecified atom stereocenters. The summed E-state index contributed by atoms with van der Waals surface area (Å²) in [7, 11) is 0. The first-order valence-corrected chi connectivity index (χ1v) is 8.58. The Hall–Kier alpha value is -0.930. The standard InChI is InChI=1S/C18H31N3/c1-4-18(3,21-12-7-6-8-13-21)17(20-5-2)14-16-10-9-11-19-15-16/h9-11,15,17,20H,4-8,12-14H2,1-3H3. The van der Waals surface area contributed by atoms with E-state index in [0.717, 1.165) is 13.0 Å². The van der Waals surface area contributed by atoms with Gasteiger partial charge in [-0.05, 0) is 63.9 Å². The summed E-state index contributed by atoms with van der Waals surface area (Å²) in [6, 6.07) is 4.72. The number of hydrogen-bond acceptors (Lipinski definition) is 3. The van der Waals surface area contributed by atoms with Gasteiger partial charge < -0.3 is 5.32 Å². The average molecular weight is 289 g/mol. The van der Waals surface area contributed by atoms with Gasteiger partial charge in [0.2, 0.25) is 0 Å². The number of nitrogens with zero attached hydrogens (tertiary/aromatic N) is 2. The van der Waals surface area contributed by atoms with Gasteiger partial charge in [0, 0.05) is 24.0 Å². The summed E-state index contributed by atoms with van der Waals surface area (Å²) in [5, 5.41) is 3.75. The summed E-state index contributed by atoms with van der Waals surface area (Å²) < 4.78 is 0. The van der Waals surface area contributed by atoms with Crippen LogP contribution in [0.25, 0.3) is 0 Å². The maximum absolute atomic E-state index is 4.28. The minimum absolute atomic E-state index is 0.228. The molecule has 2 atom stereocenters. The molecule has 1 saturated heterocycles. The van der Waals surface area contributed by atoms with E-state index in [9.17, 15) is 0 Å². The highest BCUT2D eigenvalue weighted by molar-refractivity contribution is 5.13. The van der Waals surface area contributed by atoms with E-state index in [1.54, 1.807) is 0 Å². The molecule has 0 radical (unpaired) electrons. The normalized spacial score (nSPS) is 20.9. The molecule has 2 heterocycles. The largest absolute Gasteiger partial charge is 0.312 e. The van der Waals surface area contributed by atoms with Crippen LogP contribution in [0, 0.1) is 0 Å². The van der Waals surface area contributed by atoms with Gasteiger partial charge in [-0.3, -0.25) is 9.88 Å². The molecule has 1 fully saturated rings. The zero-order chi connectivity index (χ0) is 15.1. The molecular formula is C18H31N3. The van der Waals surface area contributed by atoms with Crippen LogP contribution in [0.15, 0.2) is 24.5 Å². The van der Waals surface area contributed by atoms with E-state index in [-0.39, 0.29) is 5.54 Å². The lowest BCUT2D eigenvalue weighted by Crippen LogP contribution is -2.61. The molecule has 1 N–H and O–H groups in total. The van der Waals surface area contributed by atoms with Gasteiger partial charge in [0.15, 0.2) is 0 Å². The quantitative estimate of drug-likeness (QED) is 0.835. The van der Waals surface area contributed by atoms with Crippen molar-refractivity contribution < 1.29 is 0 Å². The highest BCUT2D eigenvalue weighted by Crippen LogP contribution is 2.29. The van der Waals surface area contributed by atoms with Crippen molar-refractivity contribution in [1.29, 1.82) is 0 Å². The molecule has 1 aliphatic heterocycles. The number of aromatic nitrogens is 1. The molecule has 21 heavy (non-hydrogen) atoms. The Kier molecular flexibility index (Phi) is 6.19. The van der Waals surface area contributed by atoms with E-state index >= 15 is 0 Å². The molecule has 0 saturated carbocycles. The molecule has 0 aliphatic carbocycles. The average Bonchev–Trinajstić information content (AvgIpc) is 2.55. The number of nitrogens with one attached hydrogen (secondary N) is 1. The molecule has 1 aromatic rings. The van der Waals surface area contributed by atoms with Crippen molar-refractivity contribution in [1.82, 2.24) is 15.2 Å². The fourth-order valence-corrected chi connectivity index (χ4v) is 3.61. The minimum atomic E-state index is 0.228. The maximum atomic E-state index is 4.28. The second-order valence-corrected chi connectivity index (χ2v) is 6.43. The molecule has 0 aromatic carbocycles. The first kappa shape index (κ1) is 16.4. The predicted octanol–water partition coefficient (Wildman–Crippen LogP) is 3.26. The number of likely N-dealkylation sites (tertiary alicyclic amines) is 1. The highest BCUT2D eigenvalue weighted by Gasteiger charge is 2.38. The third-order valence-corrected chi connectivity index (χ3v) is 5.16. The minimum Gasteiger partial charge on any atom is -0.312 e. The lowest BCUT2D eigenvalue weighted by atomic mass is 9.82. The van der Waals surface area contributed by atoms with Gasteiger partial charge >= 0.3 is 0 Å². The van der Waals surface area contributed by atoms with Crippen molar-refractivity contribution in [2.75, 3.05) is 19.6 Å². The van der Waals surface area contributed by atoms with Crippen LogP contribution in [0.2, 0.25) is 0 Å². The van der Waals surface area contributed by atoms with Gasteiger partial charge in [-0.1, -0.05) is 26.3 Å². The van der Waals surface area contributed by atoms with E-state index in [1.165, 1.54) is 44.3 Å². The monoisotopic (exact) mass is 289 g/mol. The Bertz CT molecular complexity index is 400. The van der Waals surface area contributed by atoms with Crippen molar-refractivity contribution in [3.63, 3.8) is 0 Å². The molecule has 0 spiro atoms. The van der Waals surface area contributed by atoms with Gasteiger partial charge in [-0.15, -0.1) is 0 Å². The van der Waals surface area contributed by atoms with Crippen LogP contribution in [-0.4, -0.2) is 41.1 Å². The fraction of sp³-hybridized carbons (Fsp3) is 0.722. The second-order valence-electron chi connectivity index (χ2n) is 6.43. The summed E-state index contributed by atoms with van der Waals surface area (Å²) in [4.78, 5) is 7.00. The number of piperidine rings is 1. The van der Waals surface area contributed by atoms with Crippen LogP contribution >= 0.6 is 0 Å². The van der Waals surface area contributed by atoms with Crippen molar-refractivity contribution >= 4 is 0 Å². The fourth-order valence-electron chi connectivity index (χ4n) is 3.61. The second kappa shape index (κ2) is 7.90. The van der Waals surface area contributed by atoms with Crippen molar-refractivity contribution in [2.24, 2.45) is 0 Å². The van der Waals surface area contributed by atoms with Crippen LogP contribution in [0.5, 0.6) is 0 Å². The van der Waals surface area contributed by atoms with Crippen molar-refractivity contribution in [3.05, 3.63) is 30.1 Å². The summed E-state index contributed by atoms with van der Waals surface area (Å²) in [5.74, 6) is 0. The number of likely N-dealkylation sites (N-methyl/N-ethyl adjacent to an activating group) is 1. The number of pyridine rings is 1. The Balaban J connectivity index is 2.16. The van der Waals surface area contributed by atoms with Crippen LogP contribution in [0.3, 0.4) is 0 Å². The predicted molar refractivity (Wildman–Crippen MR) is 89.5 cm³/mol. The van der Waals surface area contributed by atoms with E-state index < -0.39 is 0 Å². The summed E-state index contributed by atoms with van der Waals surface area (Å²) >= 11 is 0. The maximum Gasteiger partial charge on any atom is 0.0335 e. The molecule has 0 bridgehead atoms. The lowest BCUT2D eigenvalue weighted by Gasteiger charge is -2.48. The first-order valence-electron chi connectivity index (χ1n) is 8.58. The SMILES string of the molecule is CCNC(Cc1cccnc1)C(C)(CC)N1CCCCC1. The summed E-state index contributed by atoms with van der Waals surface area (Å²) in [6.45, 7) is 10.5. The van der Waals surface area contributed by atoms with Gasteiger partial charge in [-0.2, -0.15) is 0 Å². The Morgan fingerprint density at radius 1 is 1.29 bits per heavy atom. The Morgan fingerprint density at radius 3 is 2.62 bits per heavy atom. The van der Waals surface area contributed by atoms with Crippen LogP contribution < -0.4 is 5.32 Å². The Labute approximate surface area is 130 Å². The molecule has 3 heteroatoms. The number of hydrogen-bond donors (Lipinski definition) is 1. The molecule has 0 amide bonds. The number of rotatable bonds is 7. The topological polar surface area (TPSA) is 28.2 Å². The van der Waals surface area contributed by atoms with Gasteiger partial charge in [0.25, 0.3) is 0 Å². The van der Waals surface area contributed by atoms with Gasteiger partial charge in [-0.25, -0.2) is 0 Å². The van der Waals surface area contributed by atoms with E-state index in [4.69, 9.17) is 0 Å². The van der Waals surface area contributed by atoms with Crippen LogP contribution in [-0.2, 0) is 6.42 Å². The third kappa shape index (κ3) is 4.04. The third-order valence-electron chi connectivity index (χ3n) is 5.16. The molecule has 2 rings (SSSR count).